The minimum atomic E-state index is -4.82. The molecule has 0 aliphatic carbocycles. The van der Waals surface area contributed by atoms with Crippen molar-refractivity contribution in [1.29, 1.82) is 0 Å². The summed E-state index contributed by atoms with van der Waals surface area (Å²) in [6.07, 6.45) is 6.04. The van der Waals surface area contributed by atoms with Crippen molar-refractivity contribution in [2.45, 2.75) is 76.4 Å². The van der Waals surface area contributed by atoms with Gasteiger partial charge in [0.15, 0.2) is 6.23 Å². The van der Waals surface area contributed by atoms with Crippen LogP contribution in [0.1, 0.15) is 63.2 Å². The topological polar surface area (TPSA) is 125 Å². The maximum atomic E-state index is 12.1. The van der Waals surface area contributed by atoms with Crippen molar-refractivity contribution in [2.75, 3.05) is 19.7 Å². The van der Waals surface area contributed by atoms with E-state index >= 15 is 0 Å². The van der Waals surface area contributed by atoms with Gasteiger partial charge in [-0.3, -0.25) is 19.1 Å². The van der Waals surface area contributed by atoms with Crippen LogP contribution in [0.4, 0.5) is 13.2 Å². The van der Waals surface area contributed by atoms with Gasteiger partial charge in [0.1, 0.15) is 6.10 Å². The Kier molecular flexibility index (Phi) is 11.5. The Morgan fingerprint density at radius 1 is 1.03 bits per heavy atom. The second kappa shape index (κ2) is 14.1. The summed E-state index contributed by atoms with van der Waals surface area (Å²) in [6, 6.07) is 0. The smallest absolute Gasteiger partial charge is 0.393 e. The molecule has 0 fully saturated rings. The van der Waals surface area contributed by atoms with Crippen LogP contribution in [0, 0.1) is 0 Å². The lowest BCUT2D eigenvalue weighted by Gasteiger charge is -2.15. The van der Waals surface area contributed by atoms with Crippen LogP contribution in [0.25, 0.3) is 0 Å². The van der Waals surface area contributed by atoms with Gasteiger partial charge in [-0.25, -0.2) is 4.79 Å². The minimum absolute atomic E-state index is 0.0396. The summed E-state index contributed by atoms with van der Waals surface area (Å²) in [5.74, 6) is -1.89. The molecule has 4 N–H and O–H groups in total. The number of carbonyl (C=O) groups is 1. The first kappa shape index (κ1) is 27.8. The molecule has 0 saturated carbocycles. The molecule has 0 saturated heterocycles. The van der Waals surface area contributed by atoms with E-state index in [4.69, 9.17) is 9.84 Å². The van der Waals surface area contributed by atoms with Gasteiger partial charge in [0, 0.05) is 24.8 Å². The summed E-state index contributed by atoms with van der Waals surface area (Å²) < 4.78 is 42.9. The van der Waals surface area contributed by atoms with Crippen molar-refractivity contribution < 1.29 is 27.8 Å². The largest absolute Gasteiger partial charge is 0.471 e. The highest BCUT2D eigenvalue weighted by molar-refractivity contribution is 5.81. The summed E-state index contributed by atoms with van der Waals surface area (Å²) in [5.41, 5.74) is -0.615. The van der Waals surface area contributed by atoms with Crippen molar-refractivity contribution in [1.82, 2.24) is 20.2 Å². The molecule has 1 aromatic rings. The van der Waals surface area contributed by atoms with Gasteiger partial charge >= 0.3 is 17.8 Å². The zero-order valence-corrected chi connectivity index (χ0v) is 19.0. The van der Waals surface area contributed by atoms with Crippen molar-refractivity contribution in [3.8, 4) is 0 Å². The zero-order chi connectivity index (χ0) is 25.0. The highest BCUT2D eigenvalue weighted by Gasteiger charge is 2.38. The van der Waals surface area contributed by atoms with Gasteiger partial charge in [-0.1, -0.05) is 44.6 Å². The van der Waals surface area contributed by atoms with E-state index in [0.29, 0.717) is 25.1 Å². The molecule has 1 aromatic heterocycles. The first-order valence-electron chi connectivity index (χ1n) is 11.6. The fraction of sp³-hybridized carbons (Fsp3) is 0.682. The number of nitrogens with one attached hydrogen (secondary N) is 3. The third-order valence-electron chi connectivity index (χ3n) is 5.44. The number of aromatic amines is 1. The Morgan fingerprint density at radius 2 is 1.65 bits per heavy atom. The number of halogens is 3. The maximum absolute atomic E-state index is 12.1. The molecule has 0 bridgehead atoms. The van der Waals surface area contributed by atoms with Gasteiger partial charge in [-0.2, -0.15) is 13.2 Å². The van der Waals surface area contributed by atoms with Crippen LogP contribution in [0.5, 0.6) is 0 Å². The van der Waals surface area contributed by atoms with E-state index < -0.39 is 35.7 Å². The van der Waals surface area contributed by atoms with Gasteiger partial charge in [0.2, 0.25) is 0 Å². The number of alkyl halides is 3. The van der Waals surface area contributed by atoms with E-state index in [1.165, 1.54) is 10.8 Å². The quantitative estimate of drug-likeness (QED) is 0.220. The molecule has 2 rings (SSSR count). The van der Waals surface area contributed by atoms with Gasteiger partial charge in [0.05, 0.1) is 6.61 Å². The predicted molar refractivity (Wildman–Crippen MR) is 119 cm³/mol. The number of carbonyl (C=O) groups excluding carboxylic acids is 1. The number of amides is 1. The summed E-state index contributed by atoms with van der Waals surface area (Å²) in [6.45, 7) is 0.868. The number of hydrogen-bond donors (Lipinski definition) is 4. The molecule has 9 nitrogen and oxygen atoms in total. The van der Waals surface area contributed by atoms with Gasteiger partial charge in [0.25, 0.3) is 5.56 Å². The van der Waals surface area contributed by atoms with E-state index in [1.807, 2.05) is 5.32 Å². The predicted octanol–water partition coefficient (Wildman–Crippen LogP) is 1.87. The average Bonchev–Trinajstić information content (AvgIpc) is 3.26. The van der Waals surface area contributed by atoms with Crippen molar-refractivity contribution in [3.63, 3.8) is 0 Å². The number of rotatable bonds is 15. The van der Waals surface area contributed by atoms with Crippen LogP contribution < -0.4 is 21.9 Å². The van der Waals surface area contributed by atoms with Gasteiger partial charge in [-0.15, -0.1) is 0 Å². The molecule has 0 unspecified atom stereocenters. The molecule has 1 amide bonds. The Bertz CT molecular complexity index is 913. The molecule has 1 aliphatic rings. The highest BCUT2D eigenvalue weighted by atomic mass is 19.4. The van der Waals surface area contributed by atoms with E-state index in [2.05, 4.69) is 10.3 Å². The monoisotopic (exact) mass is 490 g/mol. The zero-order valence-electron chi connectivity index (χ0n) is 19.0. The molecule has 0 aromatic carbocycles. The molecule has 1 aliphatic heterocycles. The number of nitrogens with zero attached hydrogens (tertiary/aromatic N) is 1. The standard InChI is InChI=1S/C22H33F3N4O5/c23-22(24,25)20(32)27-12-8-6-4-2-1-3-5-7-11-26-13-16-14-29(21(33)28-19(16)31)18-10-9-17(15-30)34-18/h9-10,14,17-18,26,30H,1-8,11-13,15H2,(H,27,32)(H,28,31,33)/t17-,18+/m0/s1. The molecular weight excluding hydrogens is 457 g/mol. The fourth-order valence-electron chi connectivity index (χ4n) is 3.55. The third kappa shape index (κ3) is 9.43. The van der Waals surface area contributed by atoms with Crippen LogP contribution in [0.2, 0.25) is 0 Å². The van der Waals surface area contributed by atoms with Crippen LogP contribution in [-0.2, 0) is 16.1 Å². The summed E-state index contributed by atoms with van der Waals surface area (Å²) >= 11 is 0. The maximum Gasteiger partial charge on any atom is 0.471 e. The van der Waals surface area contributed by atoms with Crippen molar-refractivity contribution >= 4 is 5.91 Å². The third-order valence-corrected chi connectivity index (χ3v) is 5.44. The lowest BCUT2D eigenvalue weighted by Crippen LogP contribution is -2.37. The average molecular weight is 491 g/mol. The van der Waals surface area contributed by atoms with Crippen LogP contribution >= 0.6 is 0 Å². The molecule has 2 heterocycles. The van der Waals surface area contributed by atoms with Crippen LogP contribution in [0.3, 0.4) is 0 Å². The normalized spacial score (nSPS) is 17.9. The number of aliphatic hydroxyl groups excluding tert-OH is 1. The van der Waals surface area contributed by atoms with Gasteiger partial charge < -0.3 is 20.5 Å². The molecular formula is C22H33F3N4O5. The summed E-state index contributed by atoms with van der Waals surface area (Å²) in [7, 11) is 0. The number of aliphatic hydroxyl groups is 1. The second-order valence-electron chi connectivity index (χ2n) is 8.21. The number of hydrogen-bond acceptors (Lipinski definition) is 6. The number of H-pyrrole nitrogens is 1. The first-order valence-corrected chi connectivity index (χ1v) is 11.6. The molecule has 34 heavy (non-hydrogen) atoms. The van der Waals surface area contributed by atoms with Crippen molar-refractivity contribution in [2.24, 2.45) is 0 Å². The number of aromatic nitrogens is 2. The summed E-state index contributed by atoms with van der Waals surface area (Å²) in [5, 5.41) is 14.2. The Balaban J connectivity index is 1.53. The highest BCUT2D eigenvalue weighted by Crippen LogP contribution is 2.19. The van der Waals surface area contributed by atoms with E-state index in [0.717, 1.165) is 44.9 Å². The molecule has 192 valence electrons. The molecule has 0 spiro atoms. The van der Waals surface area contributed by atoms with E-state index in [9.17, 15) is 27.6 Å². The van der Waals surface area contributed by atoms with Crippen LogP contribution in [-0.4, -0.2) is 52.5 Å². The van der Waals surface area contributed by atoms with E-state index in [-0.39, 0.29) is 13.2 Å². The Labute approximate surface area is 195 Å². The number of ether oxygens (including phenoxy) is 1. The van der Waals surface area contributed by atoms with Gasteiger partial charge in [-0.05, 0) is 25.5 Å². The fourth-order valence-corrected chi connectivity index (χ4v) is 3.55. The number of unbranched alkanes of at least 4 members (excludes halogenated alkanes) is 7. The lowest BCUT2D eigenvalue weighted by atomic mass is 10.1. The Morgan fingerprint density at radius 3 is 2.24 bits per heavy atom. The minimum Gasteiger partial charge on any atom is -0.393 e. The molecule has 0 radical (unpaired) electrons. The van der Waals surface area contributed by atoms with Crippen molar-refractivity contribution in [3.05, 3.63) is 44.8 Å². The molecule has 2 atom stereocenters. The first-order chi connectivity index (χ1) is 16.2. The SMILES string of the molecule is O=C(NCCCCCCCCCCNCc1cn([C@H]2C=C[C@@H](CO)O2)c(=O)[nH]c1=O)C(F)(F)F. The van der Waals surface area contributed by atoms with E-state index in [1.54, 1.807) is 12.2 Å². The second-order valence-corrected chi connectivity index (χ2v) is 8.21. The van der Waals surface area contributed by atoms with Crippen LogP contribution in [0.15, 0.2) is 27.9 Å². The lowest BCUT2D eigenvalue weighted by molar-refractivity contribution is -0.173. The summed E-state index contributed by atoms with van der Waals surface area (Å²) in [4.78, 5) is 37.1. The molecule has 12 heteroatoms. The Hall–Kier alpha value is -2.44.